The molecule has 0 aliphatic carbocycles. The van der Waals surface area contributed by atoms with Crippen LogP contribution in [0.25, 0.3) is 0 Å². The molecular formula is C20H28N2O2. The van der Waals surface area contributed by atoms with Gasteiger partial charge in [-0.3, -0.25) is 14.6 Å². The van der Waals surface area contributed by atoms with Gasteiger partial charge < -0.3 is 4.74 Å². The Bertz CT molecular complexity index is 581. The second-order valence-corrected chi connectivity index (χ2v) is 7.72. The number of ether oxygens (including phenoxy) is 1. The van der Waals surface area contributed by atoms with Crippen molar-refractivity contribution in [2.75, 3.05) is 26.7 Å². The molecule has 1 aromatic carbocycles. The zero-order valence-corrected chi connectivity index (χ0v) is 14.6. The molecule has 0 amide bonds. The highest BCUT2D eigenvalue weighted by atomic mass is 16.5. The Hall–Kier alpha value is -1.39. The van der Waals surface area contributed by atoms with E-state index < -0.39 is 0 Å². The maximum atomic E-state index is 12.2. The Labute approximate surface area is 144 Å². The third kappa shape index (κ3) is 2.76. The average Bonchev–Trinajstić information content (AvgIpc) is 3.21. The fourth-order valence-electron chi connectivity index (χ4n) is 5.31. The third-order valence-corrected chi connectivity index (χ3v) is 6.51. The Balaban J connectivity index is 1.43. The van der Waals surface area contributed by atoms with E-state index in [1.807, 2.05) is 0 Å². The highest BCUT2D eigenvalue weighted by Gasteiger charge is 2.56. The molecule has 24 heavy (non-hydrogen) atoms. The van der Waals surface area contributed by atoms with E-state index >= 15 is 0 Å². The Morgan fingerprint density at radius 3 is 2.67 bits per heavy atom. The van der Waals surface area contributed by atoms with Gasteiger partial charge in [-0.2, -0.15) is 0 Å². The molecule has 3 fully saturated rings. The summed E-state index contributed by atoms with van der Waals surface area (Å²) in [5.74, 6) is 0.105. The van der Waals surface area contributed by atoms with Crippen molar-refractivity contribution in [3.8, 4) is 0 Å². The molecule has 2 unspecified atom stereocenters. The van der Waals surface area contributed by atoms with Crippen LogP contribution in [-0.2, 0) is 16.1 Å². The summed E-state index contributed by atoms with van der Waals surface area (Å²) < 4.78 is 5.10. The number of hydrogen-bond donors (Lipinski definition) is 0. The van der Waals surface area contributed by atoms with Crippen molar-refractivity contribution in [1.82, 2.24) is 9.80 Å². The fourth-order valence-corrected chi connectivity index (χ4v) is 5.31. The number of fused-ring (bicyclic) bond motifs is 2. The first-order chi connectivity index (χ1) is 11.7. The molecule has 0 aromatic heterocycles. The van der Waals surface area contributed by atoms with Crippen molar-refractivity contribution in [3.05, 3.63) is 35.9 Å². The SMILES string of the molecule is COC(=O)C1CC2(CCN(Cc3ccccc3)CC2)N2CCCC12. The second kappa shape index (κ2) is 6.49. The quantitative estimate of drug-likeness (QED) is 0.799. The van der Waals surface area contributed by atoms with Crippen molar-refractivity contribution in [1.29, 1.82) is 0 Å². The first-order valence-electron chi connectivity index (χ1n) is 9.33. The number of carbonyl (C=O) groups excluding carboxylic acids is 1. The molecule has 1 aromatic rings. The smallest absolute Gasteiger partial charge is 0.310 e. The molecule has 0 bridgehead atoms. The number of likely N-dealkylation sites (tertiary alicyclic amines) is 1. The molecule has 0 saturated carbocycles. The monoisotopic (exact) mass is 328 g/mol. The minimum Gasteiger partial charge on any atom is -0.469 e. The molecule has 4 rings (SSSR count). The number of esters is 1. The molecule has 0 N–H and O–H groups in total. The Kier molecular flexibility index (Phi) is 4.35. The Morgan fingerprint density at radius 1 is 1.21 bits per heavy atom. The van der Waals surface area contributed by atoms with Crippen LogP contribution in [0.5, 0.6) is 0 Å². The van der Waals surface area contributed by atoms with Crippen molar-refractivity contribution in [2.24, 2.45) is 5.92 Å². The standard InChI is InChI=1S/C20H28N2O2/c1-24-19(23)17-14-20(22-11-5-8-18(17)22)9-12-21(13-10-20)15-16-6-3-2-4-7-16/h2-4,6-7,17-18H,5,8-15H2,1H3. The summed E-state index contributed by atoms with van der Waals surface area (Å²) in [6.07, 6.45) is 5.76. The van der Waals surface area contributed by atoms with Crippen LogP contribution >= 0.6 is 0 Å². The van der Waals surface area contributed by atoms with E-state index in [9.17, 15) is 4.79 Å². The number of nitrogens with zero attached hydrogens (tertiary/aromatic N) is 2. The van der Waals surface area contributed by atoms with Gasteiger partial charge in [-0.15, -0.1) is 0 Å². The predicted octanol–water partition coefficient (Wildman–Crippen LogP) is 2.68. The first kappa shape index (κ1) is 16.1. The van der Waals surface area contributed by atoms with Crippen LogP contribution in [0.2, 0.25) is 0 Å². The van der Waals surface area contributed by atoms with Gasteiger partial charge in [-0.1, -0.05) is 30.3 Å². The lowest BCUT2D eigenvalue weighted by Gasteiger charge is -2.45. The van der Waals surface area contributed by atoms with Gasteiger partial charge in [0.2, 0.25) is 0 Å². The average molecular weight is 328 g/mol. The van der Waals surface area contributed by atoms with Crippen LogP contribution in [0.3, 0.4) is 0 Å². The first-order valence-corrected chi connectivity index (χ1v) is 9.33. The fraction of sp³-hybridized carbons (Fsp3) is 0.650. The number of hydrogen-bond acceptors (Lipinski definition) is 4. The van der Waals surface area contributed by atoms with E-state index in [-0.39, 0.29) is 17.4 Å². The van der Waals surface area contributed by atoms with Gasteiger partial charge in [0.15, 0.2) is 0 Å². The summed E-state index contributed by atoms with van der Waals surface area (Å²) in [6.45, 7) is 4.47. The summed E-state index contributed by atoms with van der Waals surface area (Å²) in [5, 5.41) is 0. The van der Waals surface area contributed by atoms with Gasteiger partial charge in [0, 0.05) is 31.2 Å². The second-order valence-electron chi connectivity index (χ2n) is 7.72. The number of carbonyl (C=O) groups is 1. The van der Waals surface area contributed by atoms with Gasteiger partial charge in [0.1, 0.15) is 0 Å². The van der Waals surface area contributed by atoms with E-state index in [1.54, 1.807) is 0 Å². The lowest BCUT2D eigenvalue weighted by atomic mass is 9.81. The molecule has 2 atom stereocenters. The summed E-state index contributed by atoms with van der Waals surface area (Å²) in [4.78, 5) is 17.5. The molecule has 130 valence electrons. The molecule has 3 aliphatic heterocycles. The van der Waals surface area contributed by atoms with Gasteiger partial charge in [0.25, 0.3) is 0 Å². The van der Waals surface area contributed by atoms with E-state index in [0.29, 0.717) is 6.04 Å². The van der Waals surface area contributed by atoms with Crippen LogP contribution in [-0.4, -0.2) is 54.1 Å². The van der Waals surface area contributed by atoms with Crippen LogP contribution in [0.1, 0.15) is 37.7 Å². The molecule has 3 saturated heterocycles. The predicted molar refractivity (Wildman–Crippen MR) is 93.5 cm³/mol. The van der Waals surface area contributed by atoms with E-state index in [0.717, 1.165) is 39.0 Å². The van der Waals surface area contributed by atoms with Crippen molar-refractivity contribution < 1.29 is 9.53 Å². The zero-order valence-electron chi connectivity index (χ0n) is 14.6. The Morgan fingerprint density at radius 2 is 1.96 bits per heavy atom. The summed E-state index contributed by atoms with van der Waals surface area (Å²) in [5.41, 5.74) is 1.64. The van der Waals surface area contributed by atoms with Crippen LogP contribution in [0.15, 0.2) is 30.3 Å². The number of piperidine rings is 1. The number of benzene rings is 1. The molecule has 3 heterocycles. The van der Waals surface area contributed by atoms with Crippen molar-refractivity contribution in [3.63, 3.8) is 0 Å². The van der Waals surface area contributed by atoms with E-state index in [2.05, 4.69) is 40.1 Å². The van der Waals surface area contributed by atoms with Crippen LogP contribution < -0.4 is 0 Å². The minimum absolute atomic E-state index is 0.00971. The summed E-state index contributed by atoms with van der Waals surface area (Å²) in [7, 11) is 1.54. The minimum atomic E-state index is 0.00971. The maximum Gasteiger partial charge on any atom is 0.310 e. The lowest BCUT2D eigenvalue weighted by molar-refractivity contribution is -0.146. The molecular weight excluding hydrogens is 300 g/mol. The molecule has 4 nitrogen and oxygen atoms in total. The van der Waals surface area contributed by atoms with Gasteiger partial charge in [-0.25, -0.2) is 0 Å². The number of methoxy groups -OCH3 is 1. The molecule has 3 aliphatic rings. The van der Waals surface area contributed by atoms with Gasteiger partial charge >= 0.3 is 5.97 Å². The highest BCUT2D eigenvalue weighted by Crippen LogP contribution is 2.49. The van der Waals surface area contributed by atoms with Crippen molar-refractivity contribution in [2.45, 2.75) is 50.2 Å². The summed E-state index contributed by atoms with van der Waals surface area (Å²) in [6, 6.07) is 11.2. The normalized spacial score (nSPS) is 29.7. The molecule has 4 heteroatoms. The number of rotatable bonds is 3. The topological polar surface area (TPSA) is 32.8 Å². The van der Waals surface area contributed by atoms with Crippen LogP contribution in [0, 0.1) is 5.92 Å². The largest absolute Gasteiger partial charge is 0.469 e. The van der Waals surface area contributed by atoms with Gasteiger partial charge in [0.05, 0.1) is 13.0 Å². The van der Waals surface area contributed by atoms with E-state index in [4.69, 9.17) is 4.74 Å². The summed E-state index contributed by atoms with van der Waals surface area (Å²) >= 11 is 0. The van der Waals surface area contributed by atoms with Crippen LogP contribution in [0.4, 0.5) is 0 Å². The maximum absolute atomic E-state index is 12.2. The lowest BCUT2D eigenvalue weighted by Crippen LogP contribution is -2.52. The van der Waals surface area contributed by atoms with Gasteiger partial charge in [-0.05, 0) is 44.2 Å². The highest BCUT2D eigenvalue weighted by molar-refractivity contribution is 5.74. The molecule has 1 spiro atoms. The third-order valence-electron chi connectivity index (χ3n) is 6.51. The zero-order chi connectivity index (χ0) is 16.6. The molecule has 0 radical (unpaired) electrons. The van der Waals surface area contributed by atoms with Crippen molar-refractivity contribution >= 4 is 5.97 Å². The van der Waals surface area contributed by atoms with E-state index in [1.165, 1.54) is 31.9 Å².